The zero-order chi connectivity index (χ0) is 16.1. The predicted octanol–water partition coefficient (Wildman–Crippen LogP) is 1.38. The first-order chi connectivity index (χ1) is 10.3. The van der Waals surface area contributed by atoms with Crippen molar-refractivity contribution in [1.82, 2.24) is 9.61 Å². The van der Waals surface area contributed by atoms with E-state index in [1.165, 1.54) is 4.52 Å². The first-order valence-electron chi connectivity index (χ1n) is 6.87. The molecule has 1 saturated heterocycles. The van der Waals surface area contributed by atoms with Gasteiger partial charge in [0.15, 0.2) is 15.7 Å². The maximum atomic E-state index is 13.9. The second kappa shape index (κ2) is 5.36. The number of hydrogen-bond acceptors (Lipinski definition) is 5. The van der Waals surface area contributed by atoms with E-state index in [0.717, 1.165) is 6.20 Å². The highest BCUT2D eigenvalue weighted by atomic mass is 35.5. The summed E-state index contributed by atoms with van der Waals surface area (Å²) in [6.07, 6.45) is 1.09. The Morgan fingerprint density at radius 1 is 1.41 bits per heavy atom. The molecule has 1 unspecified atom stereocenters. The summed E-state index contributed by atoms with van der Waals surface area (Å²) in [7, 11) is -3.02. The number of nitrogens with two attached hydrogens (primary N) is 1. The molecule has 22 heavy (non-hydrogen) atoms. The minimum atomic E-state index is -3.02. The van der Waals surface area contributed by atoms with Gasteiger partial charge in [0.2, 0.25) is 0 Å². The van der Waals surface area contributed by atoms with E-state index < -0.39 is 15.7 Å². The molecule has 6 nitrogen and oxygen atoms in total. The zero-order valence-corrected chi connectivity index (χ0v) is 13.5. The molecule has 0 aromatic carbocycles. The molecule has 1 aliphatic heterocycles. The molecule has 3 heterocycles. The monoisotopic (exact) mass is 346 g/mol. The van der Waals surface area contributed by atoms with Crippen molar-refractivity contribution < 1.29 is 12.8 Å². The van der Waals surface area contributed by atoms with E-state index in [1.54, 1.807) is 13.0 Å². The highest BCUT2D eigenvalue weighted by Gasteiger charge is 2.27. The predicted molar refractivity (Wildman–Crippen MR) is 83.6 cm³/mol. The van der Waals surface area contributed by atoms with Gasteiger partial charge >= 0.3 is 0 Å². The Hall–Kier alpha value is -1.38. The second-order valence-corrected chi connectivity index (χ2v) is 8.16. The summed E-state index contributed by atoms with van der Waals surface area (Å²) in [5.74, 6) is 0.193. The Morgan fingerprint density at radius 3 is 2.64 bits per heavy atom. The van der Waals surface area contributed by atoms with Gasteiger partial charge in [-0.2, -0.15) is 5.10 Å². The van der Waals surface area contributed by atoms with Crippen molar-refractivity contribution in [2.75, 3.05) is 29.5 Å². The van der Waals surface area contributed by atoms with Crippen molar-refractivity contribution >= 4 is 32.8 Å². The van der Waals surface area contributed by atoms with E-state index >= 15 is 0 Å². The molecule has 3 rings (SSSR count). The molecule has 9 heteroatoms. The van der Waals surface area contributed by atoms with Crippen LogP contribution in [0.1, 0.15) is 18.5 Å². The molecule has 0 saturated carbocycles. The Labute approximate surface area is 132 Å². The van der Waals surface area contributed by atoms with E-state index in [2.05, 4.69) is 5.10 Å². The van der Waals surface area contributed by atoms with Crippen LogP contribution in [0, 0.1) is 5.82 Å². The average molecular weight is 347 g/mol. The summed E-state index contributed by atoms with van der Waals surface area (Å²) in [5.41, 5.74) is 6.89. The third-order valence-corrected chi connectivity index (χ3v) is 5.72. The lowest BCUT2D eigenvalue weighted by atomic mass is 10.1. The maximum Gasteiger partial charge on any atom is 0.170 e. The summed E-state index contributed by atoms with van der Waals surface area (Å²) in [6.45, 7) is 2.43. The third kappa shape index (κ3) is 2.55. The second-order valence-electron chi connectivity index (χ2n) is 5.45. The van der Waals surface area contributed by atoms with Gasteiger partial charge in [-0.25, -0.2) is 17.3 Å². The molecule has 1 atom stereocenters. The van der Waals surface area contributed by atoms with Crippen molar-refractivity contribution in [2.45, 2.75) is 13.0 Å². The first kappa shape index (κ1) is 15.5. The number of pyridine rings is 1. The smallest absolute Gasteiger partial charge is 0.170 e. The molecule has 2 aromatic heterocycles. The van der Waals surface area contributed by atoms with Crippen LogP contribution in [0.5, 0.6) is 0 Å². The van der Waals surface area contributed by atoms with Gasteiger partial charge in [0.25, 0.3) is 0 Å². The molecular weight excluding hydrogens is 331 g/mol. The molecule has 1 fully saturated rings. The van der Waals surface area contributed by atoms with Gasteiger partial charge in [0.05, 0.1) is 22.7 Å². The quantitative estimate of drug-likeness (QED) is 0.888. The van der Waals surface area contributed by atoms with Crippen LogP contribution >= 0.6 is 11.6 Å². The lowest BCUT2D eigenvalue weighted by Crippen LogP contribution is -2.42. The van der Waals surface area contributed by atoms with E-state index in [-0.39, 0.29) is 28.1 Å². The number of aromatic nitrogens is 2. The van der Waals surface area contributed by atoms with Gasteiger partial charge in [0, 0.05) is 24.7 Å². The SMILES string of the molecule is CC(N)c1cc(Cl)c2c(F)cnn2c1N1CCS(=O)(=O)CC1. The molecule has 120 valence electrons. The van der Waals surface area contributed by atoms with Gasteiger partial charge in [-0.15, -0.1) is 0 Å². The third-order valence-electron chi connectivity index (χ3n) is 3.83. The van der Waals surface area contributed by atoms with E-state index in [9.17, 15) is 12.8 Å². The molecule has 1 aliphatic rings. The Kier molecular flexibility index (Phi) is 3.78. The number of fused-ring (bicyclic) bond motifs is 1. The van der Waals surface area contributed by atoms with Crippen LogP contribution in [0.2, 0.25) is 5.02 Å². The van der Waals surface area contributed by atoms with E-state index in [1.807, 2.05) is 4.90 Å². The number of nitrogens with zero attached hydrogens (tertiary/aromatic N) is 3. The fourth-order valence-corrected chi connectivity index (χ4v) is 4.16. The Morgan fingerprint density at radius 2 is 2.05 bits per heavy atom. The largest absolute Gasteiger partial charge is 0.354 e. The van der Waals surface area contributed by atoms with Crippen molar-refractivity contribution in [1.29, 1.82) is 0 Å². The molecule has 0 amide bonds. The summed E-state index contributed by atoms with van der Waals surface area (Å²) in [4.78, 5) is 1.87. The van der Waals surface area contributed by atoms with Crippen molar-refractivity contribution in [3.05, 3.63) is 28.7 Å². The van der Waals surface area contributed by atoms with Crippen LogP contribution in [-0.4, -0.2) is 42.6 Å². The van der Waals surface area contributed by atoms with Gasteiger partial charge in [0.1, 0.15) is 11.3 Å². The molecule has 0 aliphatic carbocycles. The maximum absolute atomic E-state index is 13.9. The van der Waals surface area contributed by atoms with Crippen molar-refractivity contribution in [3.8, 4) is 0 Å². The standard InChI is InChI=1S/C13H16ClFN4O2S/c1-8(16)9-6-10(14)12-11(15)7-17-19(12)13(9)18-2-4-22(20,21)5-3-18/h6-8H,2-5,16H2,1H3. The normalized spacial score (nSPS) is 19.5. The molecule has 0 bridgehead atoms. The van der Waals surface area contributed by atoms with Crippen molar-refractivity contribution in [2.24, 2.45) is 5.73 Å². The van der Waals surface area contributed by atoms with E-state index in [0.29, 0.717) is 24.5 Å². The van der Waals surface area contributed by atoms with Crippen molar-refractivity contribution in [3.63, 3.8) is 0 Å². The minimum absolute atomic E-state index is 0.0548. The minimum Gasteiger partial charge on any atom is -0.354 e. The zero-order valence-electron chi connectivity index (χ0n) is 12.0. The van der Waals surface area contributed by atoms with Gasteiger partial charge < -0.3 is 10.6 Å². The van der Waals surface area contributed by atoms with Crippen LogP contribution in [0.3, 0.4) is 0 Å². The highest BCUT2D eigenvalue weighted by molar-refractivity contribution is 7.91. The van der Waals surface area contributed by atoms with Crippen LogP contribution in [0.4, 0.5) is 10.2 Å². The fourth-order valence-electron chi connectivity index (χ4n) is 2.67. The fraction of sp³-hybridized carbons (Fsp3) is 0.462. The van der Waals surface area contributed by atoms with Crippen LogP contribution in [0.15, 0.2) is 12.3 Å². The summed E-state index contributed by atoms with van der Waals surface area (Å²) in [6, 6.07) is 1.28. The van der Waals surface area contributed by atoms with Gasteiger partial charge in [-0.05, 0) is 13.0 Å². The number of halogens is 2. The summed E-state index contributed by atoms with van der Waals surface area (Å²) < 4.78 is 38.5. The molecular formula is C13H16ClFN4O2S. The summed E-state index contributed by atoms with van der Waals surface area (Å²) in [5, 5.41) is 4.28. The number of anilines is 1. The molecule has 2 aromatic rings. The molecule has 2 N–H and O–H groups in total. The van der Waals surface area contributed by atoms with Crippen LogP contribution in [0.25, 0.3) is 5.52 Å². The van der Waals surface area contributed by atoms with E-state index in [4.69, 9.17) is 17.3 Å². The van der Waals surface area contributed by atoms with Crippen LogP contribution < -0.4 is 10.6 Å². The summed E-state index contributed by atoms with van der Waals surface area (Å²) >= 11 is 6.14. The number of sulfone groups is 1. The van der Waals surface area contributed by atoms with Gasteiger partial charge in [-0.3, -0.25) is 0 Å². The van der Waals surface area contributed by atoms with Crippen LogP contribution in [-0.2, 0) is 9.84 Å². The Bertz CT molecular complexity index is 820. The average Bonchev–Trinajstić information content (AvgIpc) is 2.82. The number of hydrogen-bond donors (Lipinski definition) is 1. The van der Waals surface area contributed by atoms with Gasteiger partial charge in [-0.1, -0.05) is 11.6 Å². The molecule has 0 radical (unpaired) electrons. The molecule has 0 spiro atoms. The first-order valence-corrected chi connectivity index (χ1v) is 9.06. The number of rotatable bonds is 2. The topological polar surface area (TPSA) is 80.7 Å². The lowest BCUT2D eigenvalue weighted by Gasteiger charge is -2.31. The lowest BCUT2D eigenvalue weighted by molar-refractivity contribution is 0.585. The Balaban J connectivity index is 2.18. The highest BCUT2D eigenvalue weighted by Crippen LogP contribution is 2.33.